The van der Waals surface area contributed by atoms with Gasteiger partial charge in [0.2, 0.25) is 0 Å². The Balaban J connectivity index is 2.86. The first-order valence-corrected chi connectivity index (χ1v) is 5.88. The molecule has 0 saturated heterocycles. The molecule has 0 N–H and O–H groups in total. The summed E-state index contributed by atoms with van der Waals surface area (Å²) in [5.41, 5.74) is 0.265. The van der Waals surface area contributed by atoms with E-state index in [1.54, 1.807) is 13.1 Å². The molecular formula is C14H17FN2O. The Bertz CT molecular complexity index is 465. The van der Waals surface area contributed by atoms with Crippen molar-refractivity contribution in [2.24, 2.45) is 5.92 Å². The van der Waals surface area contributed by atoms with Crippen molar-refractivity contribution in [3.8, 4) is 6.07 Å². The molecule has 18 heavy (non-hydrogen) atoms. The summed E-state index contributed by atoms with van der Waals surface area (Å²) in [6.07, 6.45) is 0.605. The van der Waals surface area contributed by atoms with Gasteiger partial charge in [0.05, 0.1) is 6.07 Å². The smallest absolute Gasteiger partial charge is 0.254 e. The highest BCUT2D eigenvalue weighted by Gasteiger charge is 2.21. The first-order chi connectivity index (χ1) is 8.45. The van der Waals surface area contributed by atoms with Crippen LogP contribution in [0.2, 0.25) is 0 Å². The van der Waals surface area contributed by atoms with Crippen LogP contribution in [0.1, 0.15) is 30.6 Å². The molecule has 1 aromatic carbocycles. The van der Waals surface area contributed by atoms with E-state index in [-0.39, 0.29) is 11.5 Å². The summed E-state index contributed by atoms with van der Waals surface area (Å²) < 4.78 is 13.0. The first kappa shape index (κ1) is 14.2. The van der Waals surface area contributed by atoms with Gasteiger partial charge in [-0.25, -0.2) is 4.39 Å². The average molecular weight is 248 g/mol. The molecule has 0 bridgehead atoms. The van der Waals surface area contributed by atoms with Crippen LogP contribution in [0.3, 0.4) is 0 Å². The Morgan fingerprint density at radius 1 is 1.50 bits per heavy atom. The average Bonchev–Trinajstić information content (AvgIpc) is 2.34. The summed E-state index contributed by atoms with van der Waals surface area (Å²) in [5, 5.41) is 9.08. The van der Waals surface area contributed by atoms with Gasteiger partial charge in [0.25, 0.3) is 5.91 Å². The van der Waals surface area contributed by atoms with Crippen LogP contribution < -0.4 is 0 Å². The summed E-state index contributed by atoms with van der Waals surface area (Å²) in [7, 11) is 1.57. The molecule has 0 fully saturated rings. The van der Waals surface area contributed by atoms with Gasteiger partial charge in [0.15, 0.2) is 0 Å². The molecule has 0 heterocycles. The fourth-order valence-corrected chi connectivity index (χ4v) is 1.71. The van der Waals surface area contributed by atoms with Crippen LogP contribution in [-0.4, -0.2) is 23.9 Å². The van der Waals surface area contributed by atoms with Crippen LogP contribution >= 0.6 is 0 Å². The van der Waals surface area contributed by atoms with Gasteiger partial charge in [-0.1, -0.05) is 19.9 Å². The lowest BCUT2D eigenvalue weighted by atomic mass is 10.0. The number of carbonyl (C=O) groups is 1. The Hall–Kier alpha value is -1.89. The zero-order valence-electron chi connectivity index (χ0n) is 10.9. The van der Waals surface area contributed by atoms with E-state index >= 15 is 0 Å². The molecule has 0 aliphatic heterocycles. The molecule has 0 aliphatic carbocycles. The molecule has 4 heteroatoms. The van der Waals surface area contributed by atoms with Gasteiger partial charge in [0, 0.05) is 12.6 Å². The third-order valence-corrected chi connectivity index (χ3v) is 2.70. The Kier molecular flexibility index (Phi) is 4.85. The van der Waals surface area contributed by atoms with Crippen LogP contribution in [-0.2, 0) is 0 Å². The second-order valence-corrected chi connectivity index (χ2v) is 4.70. The summed E-state index contributed by atoms with van der Waals surface area (Å²) in [5.74, 6) is -0.467. The summed E-state index contributed by atoms with van der Waals surface area (Å²) in [4.78, 5) is 13.5. The lowest BCUT2D eigenvalue weighted by Gasteiger charge is -2.24. The van der Waals surface area contributed by atoms with Crippen molar-refractivity contribution in [3.05, 3.63) is 35.6 Å². The van der Waals surface area contributed by atoms with Crippen LogP contribution in [0.15, 0.2) is 24.3 Å². The molecule has 1 rings (SSSR count). The molecule has 0 aromatic heterocycles. The topological polar surface area (TPSA) is 44.1 Å². The predicted molar refractivity (Wildman–Crippen MR) is 67.3 cm³/mol. The molecule has 3 nitrogen and oxygen atoms in total. The SMILES string of the molecule is CC(C)CC(C#N)N(C)C(=O)c1cccc(F)c1. The molecule has 0 aliphatic rings. The minimum Gasteiger partial charge on any atom is -0.326 e. The predicted octanol–water partition coefficient (Wildman–Crippen LogP) is 2.84. The maximum absolute atomic E-state index is 13.0. The van der Waals surface area contributed by atoms with Crippen molar-refractivity contribution < 1.29 is 9.18 Å². The van der Waals surface area contributed by atoms with Gasteiger partial charge < -0.3 is 4.90 Å². The number of rotatable bonds is 4. The molecule has 1 aromatic rings. The molecule has 0 spiro atoms. The fourth-order valence-electron chi connectivity index (χ4n) is 1.71. The van der Waals surface area contributed by atoms with E-state index in [4.69, 9.17) is 5.26 Å². The summed E-state index contributed by atoms with van der Waals surface area (Å²) in [6, 6.07) is 7.13. The molecule has 1 atom stereocenters. The maximum Gasteiger partial charge on any atom is 0.254 e. The van der Waals surface area contributed by atoms with Crippen LogP contribution in [0, 0.1) is 23.1 Å². The van der Waals surface area contributed by atoms with Crippen molar-refractivity contribution in [1.29, 1.82) is 5.26 Å². The van der Waals surface area contributed by atoms with Gasteiger partial charge in [-0.05, 0) is 30.5 Å². The number of nitrogens with zero attached hydrogens (tertiary/aromatic N) is 2. The van der Waals surface area contributed by atoms with Crippen molar-refractivity contribution >= 4 is 5.91 Å². The molecular weight excluding hydrogens is 231 g/mol. The zero-order chi connectivity index (χ0) is 13.7. The number of hydrogen-bond acceptors (Lipinski definition) is 2. The molecule has 96 valence electrons. The zero-order valence-corrected chi connectivity index (χ0v) is 10.9. The second-order valence-electron chi connectivity index (χ2n) is 4.70. The third kappa shape index (κ3) is 3.56. The van der Waals surface area contributed by atoms with E-state index in [0.717, 1.165) is 0 Å². The third-order valence-electron chi connectivity index (χ3n) is 2.70. The van der Waals surface area contributed by atoms with E-state index in [9.17, 15) is 9.18 Å². The van der Waals surface area contributed by atoms with Gasteiger partial charge in [-0.2, -0.15) is 5.26 Å². The Morgan fingerprint density at radius 3 is 2.67 bits per heavy atom. The molecule has 1 amide bonds. The Labute approximate surface area is 107 Å². The van der Waals surface area contributed by atoms with Crippen molar-refractivity contribution in [2.75, 3.05) is 7.05 Å². The number of benzene rings is 1. The number of nitriles is 1. The van der Waals surface area contributed by atoms with E-state index in [1.807, 2.05) is 13.8 Å². The van der Waals surface area contributed by atoms with Gasteiger partial charge in [-0.3, -0.25) is 4.79 Å². The Morgan fingerprint density at radius 2 is 2.17 bits per heavy atom. The lowest BCUT2D eigenvalue weighted by molar-refractivity contribution is 0.0751. The minimum atomic E-state index is -0.485. The van der Waals surface area contributed by atoms with Crippen LogP contribution in [0.4, 0.5) is 4.39 Å². The number of hydrogen-bond donors (Lipinski definition) is 0. The lowest BCUT2D eigenvalue weighted by Crippen LogP contribution is -2.37. The van der Waals surface area contributed by atoms with E-state index < -0.39 is 11.9 Å². The maximum atomic E-state index is 13.0. The summed E-state index contributed by atoms with van der Waals surface area (Å²) >= 11 is 0. The highest BCUT2D eigenvalue weighted by Crippen LogP contribution is 2.13. The molecule has 0 radical (unpaired) electrons. The minimum absolute atomic E-state index is 0.265. The van der Waals surface area contributed by atoms with Crippen LogP contribution in [0.25, 0.3) is 0 Å². The second kappa shape index (κ2) is 6.15. The number of halogens is 1. The molecule has 0 saturated carbocycles. The standard InChI is InChI=1S/C14H17FN2O/c1-10(2)7-13(9-16)17(3)14(18)11-5-4-6-12(15)8-11/h4-6,8,10,13H,7H2,1-3H3. The van der Waals surface area contributed by atoms with E-state index in [2.05, 4.69) is 6.07 Å². The summed E-state index contributed by atoms with van der Waals surface area (Å²) in [6.45, 7) is 3.98. The first-order valence-electron chi connectivity index (χ1n) is 5.88. The number of carbonyl (C=O) groups excluding carboxylic acids is 1. The van der Waals surface area contributed by atoms with E-state index in [0.29, 0.717) is 12.3 Å². The van der Waals surface area contributed by atoms with Gasteiger partial charge in [0.1, 0.15) is 11.9 Å². The van der Waals surface area contributed by atoms with Crippen LogP contribution in [0.5, 0.6) is 0 Å². The highest BCUT2D eigenvalue weighted by atomic mass is 19.1. The normalized spacial score (nSPS) is 12.0. The fraction of sp³-hybridized carbons (Fsp3) is 0.429. The van der Waals surface area contributed by atoms with Crippen molar-refractivity contribution in [1.82, 2.24) is 4.90 Å². The van der Waals surface area contributed by atoms with Gasteiger partial charge in [-0.15, -0.1) is 0 Å². The van der Waals surface area contributed by atoms with Gasteiger partial charge >= 0.3 is 0 Å². The monoisotopic (exact) mass is 248 g/mol. The van der Waals surface area contributed by atoms with E-state index in [1.165, 1.54) is 23.1 Å². The molecule has 1 unspecified atom stereocenters. The highest BCUT2D eigenvalue weighted by molar-refractivity contribution is 5.94. The van der Waals surface area contributed by atoms with Crippen molar-refractivity contribution in [2.45, 2.75) is 26.3 Å². The number of amides is 1. The van der Waals surface area contributed by atoms with Crippen molar-refractivity contribution in [3.63, 3.8) is 0 Å². The largest absolute Gasteiger partial charge is 0.326 e. The quantitative estimate of drug-likeness (QED) is 0.822.